The quantitative estimate of drug-likeness (QED) is 0.269. The molecule has 0 fully saturated rings. The number of Topliss-reactive ketones (excluding diaryl/α,β-unsaturated/α-hetero) is 1. The van der Waals surface area contributed by atoms with E-state index in [2.05, 4.69) is 0 Å². The van der Waals surface area contributed by atoms with E-state index in [0.717, 1.165) is 32.1 Å². The van der Waals surface area contributed by atoms with Crippen LogP contribution in [0.25, 0.3) is 0 Å². The molecule has 138 valence electrons. The van der Waals surface area contributed by atoms with Crippen molar-refractivity contribution in [3.8, 4) is 0 Å². The molecule has 0 heterocycles. The molecule has 0 saturated carbocycles. The SMILES string of the molecule is CC(=O)CCCCCCCCCCCCCCCCC(F)(F)F. The highest BCUT2D eigenvalue weighted by Crippen LogP contribution is 2.23. The monoisotopic (exact) mass is 336 g/mol. The molecule has 4 heteroatoms. The summed E-state index contributed by atoms with van der Waals surface area (Å²) in [5.74, 6) is 0.297. The van der Waals surface area contributed by atoms with E-state index in [4.69, 9.17) is 0 Å². The second kappa shape index (κ2) is 15.0. The average Bonchev–Trinajstić information content (AvgIpc) is 2.45. The zero-order valence-electron chi connectivity index (χ0n) is 14.9. The molecule has 23 heavy (non-hydrogen) atoms. The van der Waals surface area contributed by atoms with E-state index in [9.17, 15) is 18.0 Å². The lowest BCUT2D eigenvalue weighted by molar-refractivity contribution is -0.135. The van der Waals surface area contributed by atoms with Crippen LogP contribution in [0.1, 0.15) is 110 Å². The zero-order chi connectivity index (χ0) is 17.4. The van der Waals surface area contributed by atoms with Gasteiger partial charge in [-0.1, -0.05) is 77.0 Å². The summed E-state index contributed by atoms with van der Waals surface area (Å²) in [5.41, 5.74) is 0. The number of hydrogen-bond donors (Lipinski definition) is 0. The van der Waals surface area contributed by atoms with Crippen LogP contribution in [0.15, 0.2) is 0 Å². The molecular weight excluding hydrogens is 301 g/mol. The van der Waals surface area contributed by atoms with E-state index in [1.165, 1.54) is 51.4 Å². The van der Waals surface area contributed by atoms with Crippen LogP contribution in [0.3, 0.4) is 0 Å². The molecule has 0 aromatic heterocycles. The van der Waals surface area contributed by atoms with E-state index in [0.29, 0.717) is 12.2 Å². The lowest BCUT2D eigenvalue weighted by Crippen LogP contribution is -2.06. The number of carbonyl (C=O) groups is 1. The predicted molar refractivity (Wildman–Crippen MR) is 90.6 cm³/mol. The van der Waals surface area contributed by atoms with Crippen molar-refractivity contribution < 1.29 is 18.0 Å². The fourth-order valence-corrected chi connectivity index (χ4v) is 2.82. The van der Waals surface area contributed by atoms with E-state index >= 15 is 0 Å². The number of hydrogen-bond acceptors (Lipinski definition) is 1. The first kappa shape index (κ1) is 22.5. The van der Waals surface area contributed by atoms with Gasteiger partial charge in [0.05, 0.1) is 0 Å². The third kappa shape index (κ3) is 21.5. The number of rotatable bonds is 16. The summed E-state index contributed by atoms with van der Waals surface area (Å²) < 4.78 is 35.8. The van der Waals surface area contributed by atoms with Gasteiger partial charge < -0.3 is 4.79 Å². The summed E-state index contributed by atoms with van der Waals surface area (Å²) in [6.45, 7) is 1.66. The first-order valence-corrected chi connectivity index (χ1v) is 9.48. The molecule has 0 N–H and O–H groups in total. The minimum Gasteiger partial charge on any atom is -0.300 e. The third-order valence-electron chi connectivity index (χ3n) is 4.24. The Morgan fingerprint density at radius 3 is 1.22 bits per heavy atom. The van der Waals surface area contributed by atoms with Crippen LogP contribution >= 0.6 is 0 Å². The molecule has 0 aliphatic heterocycles. The number of unbranched alkanes of at least 4 members (excludes halogenated alkanes) is 13. The molecule has 1 nitrogen and oxygen atoms in total. The van der Waals surface area contributed by atoms with Crippen LogP contribution in [-0.4, -0.2) is 12.0 Å². The Labute approximate surface area is 140 Å². The fraction of sp³-hybridized carbons (Fsp3) is 0.947. The van der Waals surface area contributed by atoms with Gasteiger partial charge in [0.25, 0.3) is 0 Å². The highest BCUT2D eigenvalue weighted by molar-refractivity contribution is 5.75. The maximum atomic E-state index is 11.9. The first-order valence-electron chi connectivity index (χ1n) is 9.48. The Kier molecular flexibility index (Phi) is 14.7. The van der Waals surface area contributed by atoms with Crippen LogP contribution in [0.4, 0.5) is 13.2 Å². The lowest BCUT2D eigenvalue weighted by atomic mass is 10.0. The minimum absolute atomic E-state index is 0.288. The van der Waals surface area contributed by atoms with Crippen LogP contribution in [0, 0.1) is 0 Å². The van der Waals surface area contributed by atoms with Gasteiger partial charge >= 0.3 is 6.18 Å². The number of halogens is 3. The molecule has 0 amide bonds. The van der Waals surface area contributed by atoms with Gasteiger partial charge in [-0.15, -0.1) is 0 Å². The van der Waals surface area contributed by atoms with E-state index < -0.39 is 12.6 Å². The molecule has 0 rings (SSSR count). The van der Waals surface area contributed by atoms with Gasteiger partial charge in [-0.3, -0.25) is 0 Å². The Morgan fingerprint density at radius 2 is 0.913 bits per heavy atom. The summed E-state index contributed by atoms with van der Waals surface area (Å²) in [5, 5.41) is 0. The van der Waals surface area contributed by atoms with Crippen molar-refractivity contribution in [1.29, 1.82) is 0 Å². The number of ketones is 1. The van der Waals surface area contributed by atoms with Crippen molar-refractivity contribution >= 4 is 5.78 Å². The van der Waals surface area contributed by atoms with Crippen molar-refractivity contribution in [3.63, 3.8) is 0 Å². The molecular formula is C19H35F3O. The van der Waals surface area contributed by atoms with E-state index in [1.54, 1.807) is 6.92 Å². The van der Waals surface area contributed by atoms with Gasteiger partial charge in [-0.05, 0) is 19.8 Å². The normalized spacial score (nSPS) is 11.8. The summed E-state index contributed by atoms with van der Waals surface area (Å²) in [7, 11) is 0. The molecule has 0 spiro atoms. The Balaban J connectivity index is 3.04. The largest absolute Gasteiger partial charge is 0.389 e. The van der Waals surface area contributed by atoms with Crippen LogP contribution in [0.5, 0.6) is 0 Å². The molecule has 0 aliphatic carbocycles. The maximum Gasteiger partial charge on any atom is 0.389 e. The maximum absolute atomic E-state index is 11.9. The third-order valence-corrected chi connectivity index (χ3v) is 4.24. The zero-order valence-corrected chi connectivity index (χ0v) is 14.9. The second-order valence-electron chi connectivity index (χ2n) is 6.77. The summed E-state index contributed by atoms with van der Waals surface area (Å²) >= 11 is 0. The standard InChI is InChI=1S/C19H35F3O/c1-18(23)16-14-12-10-8-6-4-2-3-5-7-9-11-13-15-17-19(20,21)22/h2-17H2,1H3. The molecule has 0 aromatic rings. The first-order chi connectivity index (χ1) is 10.9. The molecule has 0 bridgehead atoms. The Bertz CT molecular complexity index is 274. The lowest BCUT2D eigenvalue weighted by Gasteiger charge is -2.05. The molecule has 0 aromatic carbocycles. The summed E-state index contributed by atoms with van der Waals surface area (Å²) in [6, 6.07) is 0. The fourth-order valence-electron chi connectivity index (χ4n) is 2.82. The van der Waals surface area contributed by atoms with Gasteiger partial charge in [-0.2, -0.15) is 13.2 Å². The second-order valence-corrected chi connectivity index (χ2v) is 6.77. The van der Waals surface area contributed by atoms with Gasteiger partial charge in [0, 0.05) is 12.8 Å². The van der Waals surface area contributed by atoms with E-state index in [-0.39, 0.29) is 6.42 Å². The van der Waals surface area contributed by atoms with Crippen molar-refractivity contribution in [2.24, 2.45) is 0 Å². The Hall–Kier alpha value is -0.540. The van der Waals surface area contributed by atoms with Crippen molar-refractivity contribution in [2.75, 3.05) is 0 Å². The van der Waals surface area contributed by atoms with E-state index in [1.807, 2.05) is 0 Å². The highest BCUT2D eigenvalue weighted by atomic mass is 19.4. The summed E-state index contributed by atoms with van der Waals surface area (Å²) in [4.78, 5) is 10.8. The predicted octanol–water partition coefficient (Wildman–Crippen LogP) is 7.38. The van der Waals surface area contributed by atoms with Crippen LogP contribution < -0.4 is 0 Å². The van der Waals surface area contributed by atoms with Gasteiger partial charge in [0.2, 0.25) is 0 Å². The molecule has 0 saturated heterocycles. The van der Waals surface area contributed by atoms with Crippen LogP contribution in [-0.2, 0) is 4.79 Å². The smallest absolute Gasteiger partial charge is 0.300 e. The van der Waals surface area contributed by atoms with Crippen LogP contribution in [0.2, 0.25) is 0 Å². The highest BCUT2D eigenvalue weighted by Gasteiger charge is 2.25. The van der Waals surface area contributed by atoms with Gasteiger partial charge in [0.1, 0.15) is 5.78 Å². The topological polar surface area (TPSA) is 17.1 Å². The molecule has 0 radical (unpaired) electrons. The Morgan fingerprint density at radius 1 is 0.609 bits per heavy atom. The number of carbonyl (C=O) groups excluding carboxylic acids is 1. The molecule has 0 unspecified atom stereocenters. The van der Waals surface area contributed by atoms with Crippen molar-refractivity contribution in [2.45, 2.75) is 116 Å². The van der Waals surface area contributed by atoms with Gasteiger partial charge in [-0.25, -0.2) is 0 Å². The molecule has 0 atom stereocenters. The average molecular weight is 336 g/mol. The number of alkyl halides is 3. The summed E-state index contributed by atoms with van der Waals surface area (Å²) in [6.07, 6.45) is 11.4. The molecule has 0 aliphatic rings. The van der Waals surface area contributed by atoms with Crippen molar-refractivity contribution in [1.82, 2.24) is 0 Å². The van der Waals surface area contributed by atoms with Crippen molar-refractivity contribution in [3.05, 3.63) is 0 Å². The van der Waals surface area contributed by atoms with Gasteiger partial charge in [0.15, 0.2) is 0 Å². The minimum atomic E-state index is -3.98.